The molecule has 5 heteroatoms. The van der Waals surface area contributed by atoms with Crippen molar-refractivity contribution in [3.8, 4) is 5.69 Å². The van der Waals surface area contributed by atoms with Gasteiger partial charge in [-0.05, 0) is 24.6 Å². The van der Waals surface area contributed by atoms with Crippen LogP contribution < -0.4 is 10.6 Å². The smallest absolute Gasteiger partial charge is 0.191 e. The molecule has 2 rings (SSSR count). The molecule has 0 bridgehead atoms. The second-order valence-electron chi connectivity index (χ2n) is 4.79. The number of aliphatic imine (C=N–C) groups is 1. The van der Waals surface area contributed by atoms with Crippen molar-refractivity contribution < 1.29 is 0 Å². The molecular weight excluding hydrogens is 262 g/mol. The van der Waals surface area contributed by atoms with E-state index in [4.69, 9.17) is 0 Å². The standard InChI is InChI=1S/C16H23N5/c1-3-4-11-18-16(17-2)19-13-14-10-12-21(20-14)15-8-6-5-7-9-15/h5-10,12H,3-4,11,13H2,1-2H3,(H2,17,18,19). The average Bonchev–Trinajstić information content (AvgIpc) is 3.00. The first-order chi connectivity index (χ1) is 10.3. The fourth-order valence-corrected chi connectivity index (χ4v) is 1.96. The summed E-state index contributed by atoms with van der Waals surface area (Å²) >= 11 is 0. The fraction of sp³-hybridized carbons (Fsp3) is 0.375. The summed E-state index contributed by atoms with van der Waals surface area (Å²) in [7, 11) is 1.78. The van der Waals surface area contributed by atoms with E-state index in [1.54, 1.807) is 7.05 Å². The molecule has 5 nitrogen and oxygen atoms in total. The summed E-state index contributed by atoms with van der Waals surface area (Å²) < 4.78 is 1.88. The van der Waals surface area contributed by atoms with Crippen LogP contribution in [0, 0.1) is 0 Å². The van der Waals surface area contributed by atoms with Crippen molar-refractivity contribution >= 4 is 5.96 Å². The predicted molar refractivity (Wildman–Crippen MR) is 86.7 cm³/mol. The first kappa shape index (κ1) is 15.1. The Morgan fingerprint density at radius 1 is 1.19 bits per heavy atom. The Hall–Kier alpha value is -2.30. The normalized spacial score (nSPS) is 11.4. The van der Waals surface area contributed by atoms with Crippen LogP contribution in [0.3, 0.4) is 0 Å². The third kappa shape index (κ3) is 4.63. The molecule has 0 radical (unpaired) electrons. The van der Waals surface area contributed by atoms with Gasteiger partial charge < -0.3 is 10.6 Å². The molecule has 0 aliphatic heterocycles. The van der Waals surface area contributed by atoms with Gasteiger partial charge in [0.05, 0.1) is 17.9 Å². The highest BCUT2D eigenvalue weighted by Gasteiger charge is 2.02. The molecule has 0 amide bonds. The topological polar surface area (TPSA) is 54.2 Å². The second-order valence-corrected chi connectivity index (χ2v) is 4.79. The number of benzene rings is 1. The molecule has 1 aromatic carbocycles. The number of hydrogen-bond donors (Lipinski definition) is 2. The number of hydrogen-bond acceptors (Lipinski definition) is 2. The van der Waals surface area contributed by atoms with E-state index < -0.39 is 0 Å². The minimum Gasteiger partial charge on any atom is -0.356 e. The number of nitrogens with zero attached hydrogens (tertiary/aromatic N) is 3. The number of unbranched alkanes of at least 4 members (excludes halogenated alkanes) is 1. The number of para-hydroxylation sites is 1. The van der Waals surface area contributed by atoms with Gasteiger partial charge in [0.15, 0.2) is 5.96 Å². The van der Waals surface area contributed by atoms with E-state index in [2.05, 4.69) is 27.6 Å². The lowest BCUT2D eigenvalue weighted by atomic mass is 10.3. The Balaban J connectivity index is 1.88. The summed E-state index contributed by atoms with van der Waals surface area (Å²) in [5.41, 5.74) is 2.05. The maximum Gasteiger partial charge on any atom is 0.191 e. The minimum atomic E-state index is 0.658. The van der Waals surface area contributed by atoms with E-state index in [0.29, 0.717) is 6.54 Å². The van der Waals surface area contributed by atoms with Gasteiger partial charge in [-0.1, -0.05) is 31.5 Å². The van der Waals surface area contributed by atoms with Crippen LogP contribution in [0.5, 0.6) is 0 Å². The summed E-state index contributed by atoms with van der Waals surface area (Å²) in [4.78, 5) is 4.20. The number of nitrogens with one attached hydrogen (secondary N) is 2. The molecule has 1 heterocycles. The average molecular weight is 285 g/mol. The van der Waals surface area contributed by atoms with E-state index in [1.165, 1.54) is 6.42 Å². The van der Waals surface area contributed by atoms with E-state index >= 15 is 0 Å². The Labute approximate surface area is 126 Å². The quantitative estimate of drug-likeness (QED) is 0.486. The molecule has 0 spiro atoms. The van der Waals surface area contributed by atoms with Crippen molar-refractivity contribution in [3.63, 3.8) is 0 Å². The van der Waals surface area contributed by atoms with Crippen LogP contribution in [0.4, 0.5) is 0 Å². The lowest BCUT2D eigenvalue weighted by Crippen LogP contribution is -2.37. The largest absolute Gasteiger partial charge is 0.356 e. The number of guanidine groups is 1. The molecule has 112 valence electrons. The minimum absolute atomic E-state index is 0.658. The van der Waals surface area contributed by atoms with E-state index in [-0.39, 0.29) is 0 Å². The highest BCUT2D eigenvalue weighted by Crippen LogP contribution is 2.06. The zero-order valence-electron chi connectivity index (χ0n) is 12.7. The summed E-state index contributed by atoms with van der Waals surface area (Å²) in [6.45, 7) is 3.77. The molecule has 2 aromatic rings. The van der Waals surface area contributed by atoms with Crippen LogP contribution in [-0.2, 0) is 6.54 Å². The summed E-state index contributed by atoms with van der Waals surface area (Å²) in [6, 6.07) is 12.1. The molecule has 0 aliphatic rings. The van der Waals surface area contributed by atoms with Gasteiger partial charge in [0.1, 0.15) is 0 Å². The van der Waals surface area contributed by atoms with Crippen LogP contribution in [0.1, 0.15) is 25.5 Å². The predicted octanol–water partition coefficient (Wildman–Crippen LogP) is 2.34. The van der Waals surface area contributed by atoms with Gasteiger partial charge in [0.25, 0.3) is 0 Å². The molecular formula is C16H23N5. The Kier molecular flexibility index (Phi) is 5.82. The molecule has 0 fully saturated rings. The van der Waals surface area contributed by atoms with Crippen LogP contribution in [0.2, 0.25) is 0 Å². The van der Waals surface area contributed by atoms with E-state index in [9.17, 15) is 0 Å². The molecule has 1 aromatic heterocycles. The second kappa shape index (κ2) is 8.09. The van der Waals surface area contributed by atoms with Gasteiger partial charge >= 0.3 is 0 Å². The zero-order chi connectivity index (χ0) is 14.9. The first-order valence-electron chi connectivity index (χ1n) is 7.38. The van der Waals surface area contributed by atoms with Crippen molar-refractivity contribution in [3.05, 3.63) is 48.3 Å². The van der Waals surface area contributed by atoms with Crippen molar-refractivity contribution in [2.75, 3.05) is 13.6 Å². The lowest BCUT2D eigenvalue weighted by molar-refractivity contribution is 0.721. The summed E-state index contributed by atoms with van der Waals surface area (Å²) in [5.74, 6) is 0.817. The molecule has 0 aliphatic carbocycles. The molecule has 0 atom stereocenters. The monoisotopic (exact) mass is 285 g/mol. The van der Waals surface area contributed by atoms with Crippen LogP contribution >= 0.6 is 0 Å². The molecule has 2 N–H and O–H groups in total. The Morgan fingerprint density at radius 2 is 2.00 bits per heavy atom. The highest BCUT2D eigenvalue weighted by atomic mass is 15.3. The van der Waals surface area contributed by atoms with E-state index in [0.717, 1.165) is 30.3 Å². The van der Waals surface area contributed by atoms with Crippen LogP contribution in [-0.4, -0.2) is 29.3 Å². The van der Waals surface area contributed by atoms with Crippen LogP contribution in [0.25, 0.3) is 5.69 Å². The SMILES string of the molecule is CCCCNC(=NC)NCc1ccn(-c2ccccc2)n1. The van der Waals surface area contributed by atoms with Gasteiger partial charge in [0, 0.05) is 19.8 Å². The Bertz CT molecular complexity index is 559. The highest BCUT2D eigenvalue weighted by molar-refractivity contribution is 5.79. The third-order valence-corrected chi connectivity index (χ3v) is 3.15. The van der Waals surface area contributed by atoms with Crippen molar-refractivity contribution in [2.24, 2.45) is 4.99 Å². The molecule has 0 unspecified atom stereocenters. The number of aromatic nitrogens is 2. The summed E-state index contributed by atoms with van der Waals surface area (Å²) in [6.07, 6.45) is 4.29. The molecule has 0 saturated carbocycles. The fourth-order valence-electron chi connectivity index (χ4n) is 1.96. The van der Waals surface area contributed by atoms with Gasteiger partial charge in [-0.25, -0.2) is 4.68 Å². The van der Waals surface area contributed by atoms with E-state index in [1.807, 2.05) is 47.3 Å². The Morgan fingerprint density at radius 3 is 2.71 bits per heavy atom. The first-order valence-corrected chi connectivity index (χ1v) is 7.38. The van der Waals surface area contributed by atoms with Gasteiger partial charge in [-0.15, -0.1) is 0 Å². The maximum atomic E-state index is 4.55. The van der Waals surface area contributed by atoms with Gasteiger partial charge in [0.2, 0.25) is 0 Å². The van der Waals surface area contributed by atoms with Crippen molar-refractivity contribution in [1.29, 1.82) is 0 Å². The third-order valence-electron chi connectivity index (χ3n) is 3.15. The summed E-state index contributed by atoms with van der Waals surface area (Å²) in [5, 5.41) is 11.1. The zero-order valence-corrected chi connectivity index (χ0v) is 12.7. The lowest BCUT2D eigenvalue weighted by Gasteiger charge is -2.10. The number of rotatable bonds is 6. The molecule has 0 saturated heterocycles. The van der Waals surface area contributed by atoms with Gasteiger partial charge in [-0.3, -0.25) is 4.99 Å². The molecule has 21 heavy (non-hydrogen) atoms. The van der Waals surface area contributed by atoms with Crippen LogP contribution in [0.15, 0.2) is 47.6 Å². The van der Waals surface area contributed by atoms with Gasteiger partial charge in [-0.2, -0.15) is 5.10 Å². The van der Waals surface area contributed by atoms with Crippen molar-refractivity contribution in [1.82, 2.24) is 20.4 Å². The van der Waals surface area contributed by atoms with Crippen molar-refractivity contribution in [2.45, 2.75) is 26.3 Å². The maximum absolute atomic E-state index is 4.55.